The summed E-state index contributed by atoms with van der Waals surface area (Å²) in [6.45, 7) is 3.50. The maximum Gasteiger partial charge on any atom is 0.307 e. The van der Waals surface area contributed by atoms with Gasteiger partial charge in [-0.1, -0.05) is 13.3 Å². The van der Waals surface area contributed by atoms with Gasteiger partial charge in [-0.05, 0) is 26.2 Å². The Morgan fingerprint density at radius 3 is 2.41 bits per heavy atom. The van der Waals surface area contributed by atoms with Gasteiger partial charge < -0.3 is 15.5 Å². The van der Waals surface area contributed by atoms with E-state index in [0.29, 0.717) is 19.3 Å². The minimum atomic E-state index is -0.898. The number of nitrogens with one attached hydrogen (secondary N) is 1. The van der Waals surface area contributed by atoms with Gasteiger partial charge >= 0.3 is 5.97 Å². The van der Waals surface area contributed by atoms with Crippen molar-refractivity contribution in [2.45, 2.75) is 45.1 Å². The van der Waals surface area contributed by atoms with Crippen molar-refractivity contribution in [2.24, 2.45) is 11.8 Å². The molecule has 1 saturated carbocycles. The fraction of sp³-hybridized carbons (Fsp3) is 0.833. The summed E-state index contributed by atoms with van der Waals surface area (Å²) in [6.07, 6.45) is 2.57. The van der Waals surface area contributed by atoms with Gasteiger partial charge in [-0.15, -0.1) is 0 Å². The molecule has 1 aliphatic carbocycles. The van der Waals surface area contributed by atoms with Crippen LogP contribution >= 0.6 is 0 Å². The van der Waals surface area contributed by atoms with Crippen LogP contribution < -0.4 is 5.32 Å². The molecule has 0 bridgehead atoms. The molecule has 5 nitrogen and oxygen atoms in total. The predicted molar refractivity (Wildman–Crippen MR) is 62.4 cm³/mol. The molecule has 1 aliphatic rings. The van der Waals surface area contributed by atoms with Gasteiger partial charge in [0, 0.05) is 0 Å². The summed E-state index contributed by atoms with van der Waals surface area (Å²) in [5, 5.41) is 21.0. The Morgan fingerprint density at radius 1 is 1.35 bits per heavy atom. The zero-order chi connectivity index (χ0) is 13.1. The van der Waals surface area contributed by atoms with Crippen LogP contribution in [0.25, 0.3) is 0 Å². The van der Waals surface area contributed by atoms with E-state index in [1.54, 1.807) is 6.92 Å². The van der Waals surface area contributed by atoms with Gasteiger partial charge in [0.05, 0.1) is 24.0 Å². The Bertz CT molecular complexity index is 299. The average Bonchev–Trinajstić information content (AvgIpc) is 2.77. The van der Waals surface area contributed by atoms with Crippen molar-refractivity contribution in [3.05, 3.63) is 0 Å². The predicted octanol–water partition coefficient (Wildman–Crippen LogP) is 0.764. The number of hydrogen-bond acceptors (Lipinski definition) is 3. The molecule has 98 valence electrons. The standard InChI is InChI=1S/C12H21NO4/c1-3-12(2,7-14)13-10(15)8-5-4-6-9(8)11(16)17/h8-9,14H,3-7H2,1-2H3,(H,13,15)(H,16,17)/t8-,9+,12?/m1/s1. The number of aliphatic carboxylic acids is 1. The smallest absolute Gasteiger partial charge is 0.307 e. The van der Waals surface area contributed by atoms with Gasteiger partial charge in [0.2, 0.25) is 5.91 Å². The number of aliphatic hydroxyl groups is 1. The monoisotopic (exact) mass is 243 g/mol. The summed E-state index contributed by atoms with van der Waals surface area (Å²) in [5.41, 5.74) is -0.650. The summed E-state index contributed by atoms with van der Waals surface area (Å²) < 4.78 is 0. The van der Waals surface area contributed by atoms with Crippen molar-refractivity contribution in [1.82, 2.24) is 5.32 Å². The topological polar surface area (TPSA) is 86.6 Å². The molecule has 1 amide bonds. The van der Waals surface area contributed by atoms with Gasteiger partial charge in [0.25, 0.3) is 0 Å². The zero-order valence-corrected chi connectivity index (χ0v) is 10.4. The first-order valence-corrected chi connectivity index (χ1v) is 6.09. The van der Waals surface area contributed by atoms with Crippen LogP contribution in [0.15, 0.2) is 0 Å². The number of carboxylic acid groups (broad SMARTS) is 1. The minimum Gasteiger partial charge on any atom is -0.481 e. The van der Waals surface area contributed by atoms with E-state index in [2.05, 4.69) is 5.32 Å². The van der Waals surface area contributed by atoms with Gasteiger partial charge in [-0.25, -0.2) is 0 Å². The van der Waals surface area contributed by atoms with Crippen LogP contribution in [0, 0.1) is 11.8 Å². The molecule has 5 heteroatoms. The molecular formula is C12H21NO4. The highest BCUT2D eigenvalue weighted by atomic mass is 16.4. The molecular weight excluding hydrogens is 222 g/mol. The van der Waals surface area contributed by atoms with E-state index in [9.17, 15) is 14.7 Å². The average molecular weight is 243 g/mol. The number of amides is 1. The lowest BCUT2D eigenvalue weighted by molar-refractivity contribution is -0.146. The second-order valence-corrected chi connectivity index (χ2v) is 5.04. The van der Waals surface area contributed by atoms with Gasteiger partial charge in [0.1, 0.15) is 0 Å². The molecule has 0 aromatic heterocycles. The highest BCUT2D eigenvalue weighted by molar-refractivity contribution is 5.85. The lowest BCUT2D eigenvalue weighted by Gasteiger charge is -2.29. The Kier molecular flexibility index (Phi) is 4.51. The van der Waals surface area contributed by atoms with Crippen molar-refractivity contribution in [2.75, 3.05) is 6.61 Å². The van der Waals surface area contributed by atoms with Gasteiger partial charge in [-0.3, -0.25) is 9.59 Å². The summed E-state index contributed by atoms with van der Waals surface area (Å²) in [7, 11) is 0. The normalized spacial score (nSPS) is 27.5. The number of carbonyl (C=O) groups is 2. The molecule has 1 fully saturated rings. The maximum atomic E-state index is 12.0. The zero-order valence-electron chi connectivity index (χ0n) is 10.4. The summed E-state index contributed by atoms with van der Waals surface area (Å²) in [6, 6.07) is 0. The summed E-state index contributed by atoms with van der Waals surface area (Å²) in [5.74, 6) is -2.17. The lowest BCUT2D eigenvalue weighted by atomic mass is 9.92. The first-order valence-electron chi connectivity index (χ1n) is 6.09. The van der Waals surface area contributed by atoms with Crippen LogP contribution in [0.1, 0.15) is 39.5 Å². The molecule has 1 unspecified atom stereocenters. The van der Waals surface area contributed by atoms with Crippen LogP contribution in [0.3, 0.4) is 0 Å². The fourth-order valence-electron chi connectivity index (χ4n) is 2.20. The van der Waals surface area contributed by atoms with E-state index >= 15 is 0 Å². The van der Waals surface area contributed by atoms with Crippen molar-refractivity contribution in [3.8, 4) is 0 Å². The van der Waals surface area contributed by atoms with E-state index in [1.165, 1.54) is 0 Å². The number of carbonyl (C=O) groups excluding carboxylic acids is 1. The molecule has 3 atom stereocenters. The molecule has 0 heterocycles. The molecule has 0 spiro atoms. The van der Waals surface area contributed by atoms with Crippen LogP contribution in [0.5, 0.6) is 0 Å². The number of carboxylic acids is 1. The Balaban J connectivity index is 2.67. The second kappa shape index (κ2) is 5.49. The molecule has 0 aromatic carbocycles. The first-order chi connectivity index (χ1) is 7.93. The first kappa shape index (κ1) is 14.0. The van der Waals surface area contributed by atoms with Crippen LogP contribution in [-0.4, -0.2) is 34.2 Å². The van der Waals surface area contributed by atoms with Gasteiger partial charge in [0.15, 0.2) is 0 Å². The third-order valence-electron chi connectivity index (χ3n) is 3.72. The number of aliphatic hydroxyl groups excluding tert-OH is 1. The quantitative estimate of drug-likeness (QED) is 0.665. The highest BCUT2D eigenvalue weighted by Crippen LogP contribution is 2.32. The summed E-state index contributed by atoms with van der Waals surface area (Å²) >= 11 is 0. The molecule has 3 N–H and O–H groups in total. The number of hydrogen-bond donors (Lipinski definition) is 3. The van der Waals surface area contributed by atoms with E-state index in [1.807, 2.05) is 6.92 Å². The van der Waals surface area contributed by atoms with E-state index < -0.39 is 23.3 Å². The molecule has 17 heavy (non-hydrogen) atoms. The molecule has 1 rings (SSSR count). The van der Waals surface area contributed by atoms with E-state index in [-0.39, 0.29) is 12.5 Å². The third kappa shape index (κ3) is 3.19. The largest absolute Gasteiger partial charge is 0.481 e. The number of rotatable bonds is 5. The van der Waals surface area contributed by atoms with Crippen LogP contribution in [-0.2, 0) is 9.59 Å². The van der Waals surface area contributed by atoms with Crippen LogP contribution in [0.4, 0.5) is 0 Å². The summed E-state index contributed by atoms with van der Waals surface area (Å²) in [4.78, 5) is 23.0. The fourth-order valence-corrected chi connectivity index (χ4v) is 2.20. The van der Waals surface area contributed by atoms with Crippen molar-refractivity contribution < 1.29 is 19.8 Å². The Morgan fingerprint density at radius 2 is 1.94 bits per heavy atom. The Hall–Kier alpha value is -1.10. The van der Waals surface area contributed by atoms with Crippen molar-refractivity contribution in [3.63, 3.8) is 0 Å². The lowest BCUT2D eigenvalue weighted by Crippen LogP contribution is -2.51. The van der Waals surface area contributed by atoms with E-state index in [4.69, 9.17) is 5.11 Å². The second-order valence-electron chi connectivity index (χ2n) is 5.04. The van der Waals surface area contributed by atoms with Crippen LogP contribution in [0.2, 0.25) is 0 Å². The maximum absolute atomic E-state index is 12.0. The third-order valence-corrected chi connectivity index (χ3v) is 3.72. The minimum absolute atomic E-state index is 0.139. The molecule has 0 radical (unpaired) electrons. The van der Waals surface area contributed by atoms with E-state index in [0.717, 1.165) is 6.42 Å². The van der Waals surface area contributed by atoms with Crippen molar-refractivity contribution in [1.29, 1.82) is 0 Å². The Labute approximate surface area is 101 Å². The van der Waals surface area contributed by atoms with Gasteiger partial charge in [-0.2, -0.15) is 0 Å². The SMILES string of the molecule is CCC(C)(CO)NC(=O)[C@@H]1CCC[C@@H]1C(=O)O. The highest BCUT2D eigenvalue weighted by Gasteiger charge is 2.39. The molecule has 0 aliphatic heterocycles. The molecule has 0 saturated heterocycles. The van der Waals surface area contributed by atoms with Crippen molar-refractivity contribution >= 4 is 11.9 Å². The molecule has 0 aromatic rings.